The van der Waals surface area contributed by atoms with Crippen molar-refractivity contribution in [1.82, 2.24) is 0 Å². The summed E-state index contributed by atoms with van der Waals surface area (Å²) >= 11 is 0. The number of unbranched alkanes of at least 4 members (excludes halogenated alkanes) is 2. The Hall–Kier alpha value is -0.780. The molecule has 0 unspecified atom stereocenters. The lowest BCUT2D eigenvalue weighted by molar-refractivity contribution is 0.772. The van der Waals surface area contributed by atoms with Crippen LogP contribution in [0.4, 0.5) is 0 Å². The standard InChI is InChI=1S/C11H16.C5H12/c1-3-6-11-8-5-7-10(4-2)9-11;1-3-5-4-2/h5,7-9H,3-4,6H2,1-2H3;3-5H2,1-2H3. The van der Waals surface area contributed by atoms with E-state index in [2.05, 4.69) is 52.0 Å². The SMILES string of the molecule is CCCCC.CCCc1cccc(CC)c1. The Morgan fingerprint density at radius 2 is 1.44 bits per heavy atom. The van der Waals surface area contributed by atoms with Gasteiger partial charge in [-0.15, -0.1) is 0 Å². The third-order valence-electron chi connectivity index (χ3n) is 2.65. The molecular weight excluding hydrogens is 192 g/mol. The molecule has 0 heteroatoms. The molecule has 0 aliphatic heterocycles. The Morgan fingerprint density at radius 1 is 0.812 bits per heavy atom. The number of benzene rings is 1. The van der Waals surface area contributed by atoms with E-state index in [1.807, 2.05) is 0 Å². The summed E-state index contributed by atoms with van der Waals surface area (Å²) in [6, 6.07) is 8.87. The van der Waals surface area contributed by atoms with E-state index in [1.165, 1.54) is 43.2 Å². The predicted octanol–water partition coefficient (Wildman–Crippen LogP) is 5.40. The second-order valence-corrected chi connectivity index (χ2v) is 4.28. The van der Waals surface area contributed by atoms with E-state index in [9.17, 15) is 0 Å². The van der Waals surface area contributed by atoms with E-state index < -0.39 is 0 Å². The van der Waals surface area contributed by atoms with Crippen LogP contribution in [0.3, 0.4) is 0 Å². The Kier molecular flexibility index (Phi) is 10.2. The van der Waals surface area contributed by atoms with E-state index >= 15 is 0 Å². The van der Waals surface area contributed by atoms with E-state index in [-0.39, 0.29) is 0 Å². The van der Waals surface area contributed by atoms with Gasteiger partial charge < -0.3 is 0 Å². The number of hydrogen-bond donors (Lipinski definition) is 0. The highest BCUT2D eigenvalue weighted by Gasteiger charge is 1.91. The Morgan fingerprint density at radius 3 is 1.88 bits per heavy atom. The zero-order chi connectivity index (χ0) is 12.2. The van der Waals surface area contributed by atoms with Gasteiger partial charge >= 0.3 is 0 Å². The average molecular weight is 220 g/mol. The number of rotatable bonds is 5. The normalized spacial score (nSPS) is 9.50. The van der Waals surface area contributed by atoms with Gasteiger partial charge in [-0.05, 0) is 24.0 Å². The fourth-order valence-corrected chi connectivity index (χ4v) is 1.65. The van der Waals surface area contributed by atoms with Gasteiger partial charge in [0, 0.05) is 0 Å². The molecule has 0 saturated carbocycles. The monoisotopic (exact) mass is 220 g/mol. The molecule has 16 heavy (non-hydrogen) atoms. The molecule has 0 fully saturated rings. The molecular formula is C16H28. The van der Waals surface area contributed by atoms with Crippen molar-refractivity contribution in [3.63, 3.8) is 0 Å². The number of hydrogen-bond acceptors (Lipinski definition) is 0. The van der Waals surface area contributed by atoms with Gasteiger partial charge in [-0.3, -0.25) is 0 Å². The summed E-state index contributed by atoms with van der Waals surface area (Å²) in [5, 5.41) is 0. The molecule has 0 heterocycles. The van der Waals surface area contributed by atoms with Crippen LogP contribution in [-0.4, -0.2) is 0 Å². The van der Waals surface area contributed by atoms with Crippen molar-refractivity contribution in [1.29, 1.82) is 0 Å². The van der Waals surface area contributed by atoms with Crippen LogP contribution in [-0.2, 0) is 12.8 Å². The van der Waals surface area contributed by atoms with Gasteiger partial charge in [-0.25, -0.2) is 0 Å². The third-order valence-corrected chi connectivity index (χ3v) is 2.65. The summed E-state index contributed by atoms with van der Waals surface area (Å²) in [6.07, 6.45) is 7.69. The van der Waals surface area contributed by atoms with Gasteiger partial charge in [-0.2, -0.15) is 0 Å². The molecule has 0 saturated heterocycles. The lowest BCUT2D eigenvalue weighted by Gasteiger charge is -2.00. The molecule has 0 atom stereocenters. The lowest BCUT2D eigenvalue weighted by atomic mass is 10.1. The first-order valence-electron chi connectivity index (χ1n) is 6.86. The molecule has 1 aromatic rings. The molecule has 0 nitrogen and oxygen atoms in total. The fraction of sp³-hybridized carbons (Fsp3) is 0.625. The maximum absolute atomic E-state index is 2.31. The Labute approximate surface area is 102 Å². The maximum atomic E-state index is 2.31. The maximum Gasteiger partial charge on any atom is -0.0281 e. The van der Waals surface area contributed by atoms with Gasteiger partial charge in [0.1, 0.15) is 0 Å². The largest absolute Gasteiger partial charge is 0.0654 e. The van der Waals surface area contributed by atoms with Crippen LogP contribution in [0.2, 0.25) is 0 Å². The molecule has 1 aromatic carbocycles. The number of aryl methyl sites for hydroxylation is 2. The zero-order valence-corrected chi connectivity index (χ0v) is 11.6. The summed E-state index contributed by atoms with van der Waals surface area (Å²) in [5.74, 6) is 0. The van der Waals surface area contributed by atoms with Crippen molar-refractivity contribution < 1.29 is 0 Å². The van der Waals surface area contributed by atoms with Crippen LogP contribution >= 0.6 is 0 Å². The van der Waals surface area contributed by atoms with E-state index in [1.54, 1.807) is 0 Å². The van der Waals surface area contributed by atoms with Crippen molar-refractivity contribution in [3.05, 3.63) is 35.4 Å². The Balaban J connectivity index is 0.000000385. The average Bonchev–Trinajstić information content (AvgIpc) is 2.32. The van der Waals surface area contributed by atoms with Gasteiger partial charge in [-0.1, -0.05) is 77.6 Å². The minimum absolute atomic E-state index is 1.15. The molecule has 0 aliphatic rings. The first-order chi connectivity index (χ1) is 7.78. The molecule has 1 rings (SSSR count). The zero-order valence-electron chi connectivity index (χ0n) is 11.6. The third kappa shape index (κ3) is 7.50. The molecule has 0 radical (unpaired) electrons. The van der Waals surface area contributed by atoms with Gasteiger partial charge in [0.05, 0.1) is 0 Å². The van der Waals surface area contributed by atoms with E-state index in [4.69, 9.17) is 0 Å². The van der Waals surface area contributed by atoms with Crippen molar-refractivity contribution in [2.45, 2.75) is 66.2 Å². The van der Waals surface area contributed by atoms with Crippen LogP contribution in [0.1, 0.15) is 64.5 Å². The second kappa shape index (κ2) is 10.7. The van der Waals surface area contributed by atoms with Crippen molar-refractivity contribution in [2.75, 3.05) is 0 Å². The minimum atomic E-state index is 1.15. The fourth-order valence-electron chi connectivity index (χ4n) is 1.65. The second-order valence-electron chi connectivity index (χ2n) is 4.28. The predicted molar refractivity (Wildman–Crippen MR) is 75.0 cm³/mol. The smallest absolute Gasteiger partial charge is 0.0281 e. The summed E-state index contributed by atoms with van der Waals surface area (Å²) in [6.45, 7) is 8.84. The molecule has 0 spiro atoms. The van der Waals surface area contributed by atoms with Crippen molar-refractivity contribution in [3.8, 4) is 0 Å². The molecule has 92 valence electrons. The molecule has 0 N–H and O–H groups in total. The molecule has 0 aliphatic carbocycles. The highest BCUT2D eigenvalue weighted by atomic mass is 14.0. The lowest BCUT2D eigenvalue weighted by Crippen LogP contribution is -1.85. The quantitative estimate of drug-likeness (QED) is 0.623. The van der Waals surface area contributed by atoms with Gasteiger partial charge in [0.25, 0.3) is 0 Å². The first kappa shape index (κ1) is 15.2. The van der Waals surface area contributed by atoms with Crippen LogP contribution in [0, 0.1) is 0 Å². The molecule has 0 bridgehead atoms. The highest BCUT2D eigenvalue weighted by molar-refractivity contribution is 5.23. The molecule has 0 amide bonds. The summed E-state index contributed by atoms with van der Waals surface area (Å²) < 4.78 is 0. The summed E-state index contributed by atoms with van der Waals surface area (Å²) in [4.78, 5) is 0. The van der Waals surface area contributed by atoms with Crippen LogP contribution < -0.4 is 0 Å². The van der Waals surface area contributed by atoms with E-state index in [0.29, 0.717) is 0 Å². The highest BCUT2D eigenvalue weighted by Crippen LogP contribution is 2.07. The minimum Gasteiger partial charge on any atom is -0.0654 e. The topological polar surface area (TPSA) is 0 Å². The van der Waals surface area contributed by atoms with Crippen LogP contribution in [0.15, 0.2) is 24.3 Å². The van der Waals surface area contributed by atoms with Crippen molar-refractivity contribution >= 4 is 0 Å². The molecule has 0 aromatic heterocycles. The Bertz CT molecular complexity index is 248. The van der Waals surface area contributed by atoms with Crippen LogP contribution in [0.25, 0.3) is 0 Å². The van der Waals surface area contributed by atoms with E-state index in [0.717, 1.165) is 6.42 Å². The first-order valence-corrected chi connectivity index (χ1v) is 6.86. The summed E-state index contributed by atoms with van der Waals surface area (Å²) in [7, 11) is 0. The van der Waals surface area contributed by atoms with Gasteiger partial charge in [0.2, 0.25) is 0 Å². The van der Waals surface area contributed by atoms with Crippen molar-refractivity contribution in [2.24, 2.45) is 0 Å². The van der Waals surface area contributed by atoms with Crippen LogP contribution in [0.5, 0.6) is 0 Å². The van der Waals surface area contributed by atoms with Gasteiger partial charge in [0.15, 0.2) is 0 Å². The summed E-state index contributed by atoms with van der Waals surface area (Å²) in [5.41, 5.74) is 2.93.